The highest BCUT2D eigenvalue weighted by Gasteiger charge is 2.34. The van der Waals surface area contributed by atoms with Gasteiger partial charge in [0.1, 0.15) is 0 Å². The number of nitrogens with zero attached hydrogens (tertiary/aromatic N) is 2. The van der Waals surface area contributed by atoms with E-state index in [1.54, 1.807) is 41.0 Å². The molecule has 184 valence electrons. The lowest BCUT2D eigenvalue weighted by Gasteiger charge is -2.34. The van der Waals surface area contributed by atoms with Crippen molar-refractivity contribution in [1.29, 1.82) is 0 Å². The van der Waals surface area contributed by atoms with Gasteiger partial charge in [-0.3, -0.25) is 9.78 Å². The van der Waals surface area contributed by atoms with Crippen molar-refractivity contribution >= 4 is 21.6 Å². The highest BCUT2D eigenvalue weighted by molar-refractivity contribution is 7.89. The van der Waals surface area contributed by atoms with E-state index in [2.05, 4.69) is 17.2 Å². The highest BCUT2D eigenvalue weighted by Crippen LogP contribution is 2.36. The van der Waals surface area contributed by atoms with E-state index >= 15 is 0 Å². The molecule has 2 aromatic rings. The van der Waals surface area contributed by atoms with E-state index in [1.165, 1.54) is 19.3 Å². The van der Waals surface area contributed by atoms with Crippen molar-refractivity contribution in [3.63, 3.8) is 0 Å². The predicted octanol–water partition coefficient (Wildman–Crippen LogP) is 5.93. The fraction of sp³-hybridized carbons (Fsp3) is 0.556. The Bertz CT molecular complexity index is 1030. The van der Waals surface area contributed by atoms with E-state index in [0.717, 1.165) is 56.4 Å². The Morgan fingerprint density at radius 3 is 2.50 bits per heavy atom. The topological polar surface area (TPSA) is 79.4 Å². The van der Waals surface area contributed by atoms with Gasteiger partial charge in [0.05, 0.1) is 10.9 Å². The van der Waals surface area contributed by atoms with Gasteiger partial charge in [0.15, 0.2) is 0 Å². The number of carbonyl (C=O) groups is 1. The number of aromatic nitrogens is 1. The van der Waals surface area contributed by atoms with Crippen LogP contribution in [0.2, 0.25) is 0 Å². The Kier molecular flexibility index (Phi) is 8.37. The third kappa shape index (κ3) is 5.87. The number of piperidine rings is 1. The number of pyridine rings is 1. The molecule has 1 aromatic carbocycles. The minimum atomic E-state index is -3.65. The molecule has 2 aliphatic rings. The van der Waals surface area contributed by atoms with E-state index in [0.29, 0.717) is 12.2 Å². The molecule has 1 N–H and O–H groups in total. The molecule has 0 radical (unpaired) electrons. The van der Waals surface area contributed by atoms with Gasteiger partial charge in [-0.1, -0.05) is 38.7 Å². The number of carbonyl (C=O) groups excluding carboxylic acids is 1. The van der Waals surface area contributed by atoms with Crippen molar-refractivity contribution < 1.29 is 13.2 Å². The van der Waals surface area contributed by atoms with E-state index in [4.69, 9.17) is 0 Å². The third-order valence-electron chi connectivity index (χ3n) is 7.43. The second-order valence-corrected chi connectivity index (χ2v) is 11.7. The number of benzene rings is 1. The summed E-state index contributed by atoms with van der Waals surface area (Å²) in [5.74, 6) is 0.867. The Hall–Kier alpha value is -2.25. The van der Waals surface area contributed by atoms with Crippen LogP contribution >= 0.6 is 0 Å². The minimum absolute atomic E-state index is 0.0508. The Morgan fingerprint density at radius 2 is 1.82 bits per heavy atom. The van der Waals surface area contributed by atoms with Crippen LogP contribution in [0.4, 0.5) is 5.69 Å². The van der Waals surface area contributed by atoms with Crippen molar-refractivity contribution in [2.75, 3.05) is 11.9 Å². The summed E-state index contributed by atoms with van der Waals surface area (Å²) in [4.78, 5) is 17.2. The van der Waals surface area contributed by atoms with Crippen LogP contribution in [0.1, 0.15) is 82.7 Å². The Labute approximate surface area is 204 Å². The van der Waals surface area contributed by atoms with Crippen molar-refractivity contribution in [2.45, 2.75) is 82.1 Å². The summed E-state index contributed by atoms with van der Waals surface area (Å²) >= 11 is 0. The van der Waals surface area contributed by atoms with E-state index in [1.807, 2.05) is 12.1 Å². The van der Waals surface area contributed by atoms with Crippen LogP contribution < -0.4 is 5.32 Å². The van der Waals surface area contributed by atoms with Crippen LogP contribution in [0.3, 0.4) is 0 Å². The summed E-state index contributed by atoms with van der Waals surface area (Å²) in [7, 11) is -3.65. The maximum absolute atomic E-state index is 13.5. The lowest BCUT2D eigenvalue weighted by Crippen LogP contribution is -2.38. The summed E-state index contributed by atoms with van der Waals surface area (Å²) in [6.45, 7) is 2.72. The average Bonchev–Trinajstić information content (AvgIpc) is 2.88. The second-order valence-electron chi connectivity index (χ2n) is 9.79. The van der Waals surface area contributed by atoms with Gasteiger partial charge < -0.3 is 5.32 Å². The van der Waals surface area contributed by atoms with Crippen LogP contribution in [0.25, 0.3) is 0 Å². The molecule has 0 unspecified atom stereocenters. The van der Waals surface area contributed by atoms with Gasteiger partial charge >= 0.3 is 0 Å². The van der Waals surface area contributed by atoms with Gasteiger partial charge in [0.2, 0.25) is 15.9 Å². The number of hydrogen-bond donors (Lipinski definition) is 1. The van der Waals surface area contributed by atoms with Gasteiger partial charge in [0, 0.05) is 30.5 Å². The molecule has 6 nitrogen and oxygen atoms in total. The van der Waals surface area contributed by atoms with E-state index in [-0.39, 0.29) is 22.8 Å². The molecule has 1 amide bonds. The van der Waals surface area contributed by atoms with Crippen LogP contribution in [0.5, 0.6) is 0 Å². The first-order chi connectivity index (χ1) is 16.5. The van der Waals surface area contributed by atoms with Gasteiger partial charge in [-0.25, -0.2) is 8.42 Å². The van der Waals surface area contributed by atoms with Crippen LogP contribution in [0.15, 0.2) is 53.7 Å². The molecule has 34 heavy (non-hydrogen) atoms. The van der Waals surface area contributed by atoms with E-state index < -0.39 is 10.0 Å². The van der Waals surface area contributed by atoms with Crippen molar-refractivity contribution in [1.82, 2.24) is 9.29 Å². The molecule has 2 fully saturated rings. The van der Waals surface area contributed by atoms with Crippen molar-refractivity contribution in [2.24, 2.45) is 11.8 Å². The molecule has 1 aliphatic heterocycles. The van der Waals surface area contributed by atoms with Crippen molar-refractivity contribution in [3.05, 3.63) is 54.4 Å². The first kappa shape index (κ1) is 24.9. The van der Waals surface area contributed by atoms with Crippen LogP contribution in [0, 0.1) is 11.8 Å². The number of rotatable bonds is 8. The molecule has 1 saturated heterocycles. The highest BCUT2D eigenvalue weighted by atomic mass is 32.2. The number of amides is 1. The molecule has 2 heterocycles. The normalized spacial score (nSPS) is 24.0. The van der Waals surface area contributed by atoms with E-state index in [9.17, 15) is 13.2 Å². The average molecular weight is 484 g/mol. The van der Waals surface area contributed by atoms with Crippen LogP contribution in [-0.4, -0.2) is 30.2 Å². The standard InChI is InChI=1S/C27H37N3O3S/c1-2-3-7-21-10-12-22(13-11-21)27(31)29-24-14-16-25(17-15-24)34(32,33)30-19-5-4-9-26(30)23-8-6-18-28-20-23/h6,8,14-18,20-22,26H,2-5,7,9-13,19H2,1H3,(H,29,31)/t21?,22?,26-/m0/s1. The lowest BCUT2D eigenvalue weighted by atomic mass is 9.79. The summed E-state index contributed by atoms with van der Waals surface area (Å²) < 4.78 is 28.6. The molecule has 1 aliphatic carbocycles. The number of nitrogens with one attached hydrogen (secondary N) is 1. The molecular weight excluding hydrogens is 446 g/mol. The molecule has 1 saturated carbocycles. The molecule has 1 atom stereocenters. The summed E-state index contributed by atoms with van der Waals surface area (Å²) in [5, 5.41) is 3.01. The first-order valence-corrected chi connectivity index (χ1v) is 14.3. The van der Waals surface area contributed by atoms with Gasteiger partial charge in [-0.2, -0.15) is 4.31 Å². The molecule has 0 bridgehead atoms. The number of unbranched alkanes of at least 4 members (excludes halogenated alkanes) is 1. The van der Waals surface area contributed by atoms with Gasteiger partial charge in [-0.05, 0) is 80.3 Å². The maximum Gasteiger partial charge on any atom is 0.243 e. The fourth-order valence-electron chi connectivity index (χ4n) is 5.39. The second kappa shape index (κ2) is 11.5. The zero-order valence-electron chi connectivity index (χ0n) is 20.2. The van der Waals surface area contributed by atoms with Gasteiger partial charge in [0.25, 0.3) is 0 Å². The third-order valence-corrected chi connectivity index (χ3v) is 9.36. The molecular formula is C27H37N3O3S. The number of hydrogen-bond acceptors (Lipinski definition) is 4. The zero-order valence-corrected chi connectivity index (χ0v) is 21.0. The lowest BCUT2D eigenvalue weighted by molar-refractivity contribution is -0.121. The Morgan fingerprint density at radius 1 is 1.06 bits per heavy atom. The summed E-state index contributed by atoms with van der Waals surface area (Å²) in [6.07, 6.45) is 14.0. The molecule has 4 rings (SSSR count). The quantitative estimate of drug-likeness (QED) is 0.504. The maximum atomic E-state index is 13.5. The predicted molar refractivity (Wildman–Crippen MR) is 135 cm³/mol. The molecule has 7 heteroatoms. The molecule has 1 aromatic heterocycles. The SMILES string of the molecule is CCCCC1CCC(C(=O)Nc2ccc(S(=O)(=O)N3CCCC[C@H]3c3cccnc3)cc2)CC1. The monoisotopic (exact) mass is 483 g/mol. The molecule has 0 spiro atoms. The Balaban J connectivity index is 1.39. The van der Waals surface area contributed by atoms with Crippen LogP contribution in [-0.2, 0) is 14.8 Å². The smallest absolute Gasteiger partial charge is 0.243 e. The summed E-state index contributed by atoms with van der Waals surface area (Å²) in [5.41, 5.74) is 1.58. The largest absolute Gasteiger partial charge is 0.326 e. The van der Waals surface area contributed by atoms with Gasteiger partial charge in [-0.15, -0.1) is 0 Å². The van der Waals surface area contributed by atoms with Crippen molar-refractivity contribution in [3.8, 4) is 0 Å². The number of sulfonamides is 1. The number of anilines is 1. The minimum Gasteiger partial charge on any atom is -0.326 e. The fourth-order valence-corrected chi connectivity index (χ4v) is 7.08. The summed E-state index contributed by atoms with van der Waals surface area (Å²) in [6, 6.07) is 10.2. The first-order valence-electron chi connectivity index (χ1n) is 12.8. The zero-order chi connectivity index (χ0) is 24.0.